The van der Waals surface area contributed by atoms with Crippen LogP contribution in [-0.2, 0) is 24.1 Å². The van der Waals surface area contributed by atoms with Crippen LogP contribution in [0.3, 0.4) is 0 Å². The van der Waals surface area contributed by atoms with Gasteiger partial charge in [-0.15, -0.1) is 0 Å². The molecule has 0 unspecified atom stereocenters. The second-order valence-corrected chi connectivity index (χ2v) is 7.37. The van der Waals surface area contributed by atoms with E-state index in [1.54, 1.807) is 0 Å². The minimum absolute atomic E-state index is 0.247. The largest absolute Gasteiger partial charge is 0.493 e. The Labute approximate surface area is 158 Å². The summed E-state index contributed by atoms with van der Waals surface area (Å²) in [6, 6.07) is 6.35. The van der Waals surface area contributed by atoms with Crippen LogP contribution < -0.4 is 4.74 Å². The molecule has 0 radical (unpaired) electrons. The number of hydrogen-bond donors (Lipinski definition) is 1. The molecule has 1 aliphatic heterocycles. The number of hydrogen-bond acceptors (Lipinski definition) is 5. The van der Waals surface area contributed by atoms with Crippen molar-refractivity contribution < 1.29 is 14.6 Å². The predicted molar refractivity (Wildman–Crippen MR) is 103 cm³/mol. The molecule has 0 bridgehead atoms. The SMILES string of the molecule is O=C(O)CCCN1CCc2cccc(OCCCc3cnsc3)c2CC1. The van der Waals surface area contributed by atoms with Gasteiger partial charge in [0.05, 0.1) is 6.61 Å². The minimum Gasteiger partial charge on any atom is -0.493 e. The second kappa shape index (κ2) is 9.69. The summed E-state index contributed by atoms with van der Waals surface area (Å²) < 4.78 is 10.2. The minimum atomic E-state index is -0.711. The summed E-state index contributed by atoms with van der Waals surface area (Å²) in [5, 5.41) is 10.9. The number of rotatable bonds is 9. The third kappa shape index (κ3) is 5.54. The maximum Gasteiger partial charge on any atom is 0.303 e. The molecule has 140 valence electrons. The van der Waals surface area contributed by atoms with Crippen LogP contribution in [0.25, 0.3) is 0 Å². The Balaban J connectivity index is 1.50. The van der Waals surface area contributed by atoms with Crippen molar-refractivity contribution in [1.29, 1.82) is 0 Å². The summed E-state index contributed by atoms with van der Waals surface area (Å²) in [7, 11) is 0. The van der Waals surface area contributed by atoms with E-state index in [0.29, 0.717) is 13.0 Å². The molecule has 26 heavy (non-hydrogen) atoms. The quantitative estimate of drug-likeness (QED) is 0.682. The van der Waals surface area contributed by atoms with Crippen LogP contribution in [0.5, 0.6) is 5.75 Å². The maximum atomic E-state index is 10.7. The summed E-state index contributed by atoms with van der Waals surface area (Å²) in [4.78, 5) is 13.1. The first-order chi connectivity index (χ1) is 12.7. The van der Waals surface area contributed by atoms with E-state index in [1.807, 2.05) is 6.20 Å². The summed E-state index contributed by atoms with van der Waals surface area (Å²) in [6.45, 7) is 3.52. The molecule has 0 saturated heterocycles. The van der Waals surface area contributed by atoms with Gasteiger partial charge >= 0.3 is 5.97 Å². The zero-order valence-corrected chi connectivity index (χ0v) is 15.8. The Kier molecular flexibility index (Phi) is 7.03. The van der Waals surface area contributed by atoms with Crippen molar-refractivity contribution in [3.8, 4) is 5.75 Å². The number of ether oxygens (including phenoxy) is 1. The number of carboxylic acid groups (broad SMARTS) is 1. The monoisotopic (exact) mass is 374 g/mol. The van der Waals surface area contributed by atoms with E-state index in [9.17, 15) is 4.79 Å². The van der Waals surface area contributed by atoms with Crippen molar-refractivity contribution in [1.82, 2.24) is 9.27 Å². The molecule has 1 aliphatic rings. The van der Waals surface area contributed by atoms with E-state index in [4.69, 9.17) is 9.84 Å². The van der Waals surface area contributed by atoms with Crippen molar-refractivity contribution in [2.24, 2.45) is 0 Å². The van der Waals surface area contributed by atoms with Crippen LogP contribution >= 0.6 is 11.5 Å². The molecule has 1 aromatic carbocycles. The van der Waals surface area contributed by atoms with Gasteiger partial charge in [0.15, 0.2) is 0 Å². The molecule has 6 heteroatoms. The smallest absolute Gasteiger partial charge is 0.303 e. The van der Waals surface area contributed by atoms with Crippen LogP contribution in [-0.4, -0.2) is 46.6 Å². The summed E-state index contributed by atoms with van der Waals surface area (Å²) >= 11 is 1.49. The highest BCUT2D eigenvalue weighted by Crippen LogP contribution is 2.26. The molecule has 0 fully saturated rings. The van der Waals surface area contributed by atoms with Crippen LogP contribution in [0.4, 0.5) is 0 Å². The molecular formula is C20H26N2O3S. The highest BCUT2D eigenvalue weighted by atomic mass is 32.1. The number of aryl methyl sites for hydroxylation is 1. The maximum absolute atomic E-state index is 10.7. The lowest BCUT2D eigenvalue weighted by molar-refractivity contribution is -0.137. The zero-order valence-electron chi connectivity index (χ0n) is 15.0. The van der Waals surface area contributed by atoms with Crippen LogP contribution in [0.2, 0.25) is 0 Å². The van der Waals surface area contributed by atoms with Crippen molar-refractivity contribution in [2.75, 3.05) is 26.2 Å². The van der Waals surface area contributed by atoms with Gasteiger partial charge in [-0.2, -0.15) is 0 Å². The average molecular weight is 375 g/mol. The molecule has 0 spiro atoms. The van der Waals surface area contributed by atoms with Crippen LogP contribution in [0, 0.1) is 0 Å². The first kappa shape index (κ1) is 18.9. The lowest BCUT2D eigenvalue weighted by Crippen LogP contribution is -2.27. The van der Waals surface area contributed by atoms with Crippen molar-refractivity contribution in [3.63, 3.8) is 0 Å². The van der Waals surface area contributed by atoms with Gasteiger partial charge in [-0.05, 0) is 72.9 Å². The van der Waals surface area contributed by atoms with Crippen molar-refractivity contribution in [2.45, 2.75) is 38.5 Å². The molecule has 3 rings (SSSR count). The summed E-state index contributed by atoms with van der Waals surface area (Å²) in [6.07, 6.45) is 6.85. The first-order valence-corrected chi connectivity index (χ1v) is 10.1. The van der Waals surface area contributed by atoms with Gasteiger partial charge in [0, 0.05) is 31.1 Å². The van der Waals surface area contributed by atoms with E-state index in [-0.39, 0.29) is 6.42 Å². The van der Waals surface area contributed by atoms with E-state index in [2.05, 4.69) is 32.9 Å². The molecule has 5 nitrogen and oxygen atoms in total. The standard InChI is InChI=1S/C20H26N2O3S/c23-20(24)7-2-10-22-11-8-17-5-1-6-19(18(17)9-12-22)25-13-3-4-16-14-21-26-15-16/h1,5-6,14-15H,2-4,7-13H2,(H,23,24). The molecule has 0 atom stereocenters. The Hall–Kier alpha value is -1.92. The van der Waals surface area contributed by atoms with E-state index >= 15 is 0 Å². The predicted octanol–water partition coefficient (Wildman–Crippen LogP) is 3.42. The number of aliphatic carboxylic acids is 1. The molecule has 1 aromatic heterocycles. The fourth-order valence-corrected chi connectivity index (χ4v) is 3.98. The van der Waals surface area contributed by atoms with Gasteiger partial charge < -0.3 is 14.7 Å². The van der Waals surface area contributed by atoms with Crippen molar-refractivity contribution in [3.05, 3.63) is 46.5 Å². The zero-order chi connectivity index (χ0) is 18.2. The Morgan fingerprint density at radius 1 is 1.27 bits per heavy atom. The van der Waals surface area contributed by atoms with Gasteiger partial charge in [-0.1, -0.05) is 12.1 Å². The first-order valence-electron chi connectivity index (χ1n) is 9.28. The van der Waals surface area contributed by atoms with Gasteiger partial charge in [0.25, 0.3) is 0 Å². The fraction of sp³-hybridized carbons (Fsp3) is 0.500. The molecule has 2 heterocycles. The number of nitrogens with zero attached hydrogens (tertiary/aromatic N) is 2. The van der Waals surface area contributed by atoms with Gasteiger partial charge in [-0.3, -0.25) is 4.79 Å². The van der Waals surface area contributed by atoms with E-state index in [0.717, 1.165) is 51.1 Å². The lowest BCUT2D eigenvalue weighted by Gasteiger charge is -2.19. The highest BCUT2D eigenvalue weighted by molar-refractivity contribution is 7.03. The highest BCUT2D eigenvalue weighted by Gasteiger charge is 2.17. The normalized spacial score (nSPS) is 14.6. The number of carbonyl (C=O) groups is 1. The van der Waals surface area contributed by atoms with Crippen LogP contribution in [0.15, 0.2) is 29.8 Å². The fourth-order valence-electron chi connectivity index (χ4n) is 3.41. The Morgan fingerprint density at radius 3 is 2.96 bits per heavy atom. The summed E-state index contributed by atoms with van der Waals surface area (Å²) in [5.41, 5.74) is 3.97. The molecule has 2 aromatic rings. The van der Waals surface area contributed by atoms with Crippen molar-refractivity contribution >= 4 is 17.5 Å². The second-order valence-electron chi connectivity index (χ2n) is 6.72. The van der Waals surface area contributed by atoms with E-state index < -0.39 is 5.97 Å². The number of fused-ring (bicyclic) bond motifs is 1. The van der Waals surface area contributed by atoms with Gasteiger partial charge in [0.2, 0.25) is 0 Å². The average Bonchev–Trinajstić information content (AvgIpc) is 3.06. The third-order valence-corrected chi connectivity index (χ3v) is 5.46. The topological polar surface area (TPSA) is 62.7 Å². The number of aromatic nitrogens is 1. The van der Waals surface area contributed by atoms with Gasteiger partial charge in [0.1, 0.15) is 5.75 Å². The Morgan fingerprint density at radius 2 is 2.15 bits per heavy atom. The lowest BCUT2D eigenvalue weighted by atomic mass is 10.0. The third-order valence-electron chi connectivity index (χ3n) is 4.82. The number of carboxylic acids is 1. The van der Waals surface area contributed by atoms with Gasteiger partial charge in [-0.25, -0.2) is 4.37 Å². The molecular weight excluding hydrogens is 348 g/mol. The molecule has 0 amide bonds. The van der Waals surface area contributed by atoms with E-state index in [1.165, 1.54) is 28.2 Å². The van der Waals surface area contributed by atoms with Crippen LogP contribution in [0.1, 0.15) is 36.0 Å². The Bertz CT molecular complexity index is 703. The number of benzene rings is 1. The molecule has 0 saturated carbocycles. The molecule has 1 N–H and O–H groups in total. The summed E-state index contributed by atoms with van der Waals surface area (Å²) in [5.74, 6) is 0.301. The molecule has 0 aliphatic carbocycles.